The molecule has 0 aliphatic carbocycles. The van der Waals surface area contributed by atoms with E-state index in [1.807, 2.05) is 24.4 Å². The van der Waals surface area contributed by atoms with Crippen LogP contribution in [-0.4, -0.2) is 45.4 Å². The Morgan fingerprint density at radius 1 is 1.07 bits per heavy atom. The van der Waals surface area contributed by atoms with Crippen molar-refractivity contribution in [3.8, 4) is 11.5 Å². The quantitative estimate of drug-likeness (QED) is 0.495. The van der Waals surface area contributed by atoms with Crippen LogP contribution in [0.5, 0.6) is 11.5 Å². The number of carbonyl (C=O) groups is 1. The number of para-hydroxylation sites is 2. The Hall–Kier alpha value is -2.99. The Bertz CT molecular complexity index is 996. The molecule has 1 amide bonds. The Morgan fingerprint density at radius 2 is 1.87 bits per heavy atom. The molecule has 160 valence electrons. The smallest absolute Gasteiger partial charge is 0.221 e. The van der Waals surface area contributed by atoms with Crippen LogP contribution in [0.2, 0.25) is 0 Å². The lowest BCUT2D eigenvalue weighted by Crippen LogP contribution is -2.28. The van der Waals surface area contributed by atoms with Gasteiger partial charge in [0.05, 0.1) is 20.8 Å². The monoisotopic (exact) mass is 410 g/mol. The average molecular weight is 411 g/mol. The zero-order chi connectivity index (χ0) is 21.5. The fourth-order valence-electron chi connectivity index (χ4n) is 3.95. The number of nitrogens with one attached hydrogen (secondary N) is 2. The number of H-pyrrole nitrogens is 1. The van der Waals surface area contributed by atoms with Crippen molar-refractivity contribution in [3.05, 3.63) is 59.3 Å². The van der Waals surface area contributed by atoms with Crippen molar-refractivity contribution in [2.75, 3.05) is 34.5 Å². The Morgan fingerprint density at radius 3 is 2.57 bits per heavy atom. The normalized spacial score (nSPS) is 12.0. The van der Waals surface area contributed by atoms with Gasteiger partial charge in [0.15, 0.2) is 11.5 Å². The van der Waals surface area contributed by atoms with Gasteiger partial charge in [0.2, 0.25) is 5.91 Å². The second-order valence-electron chi connectivity index (χ2n) is 7.12. The van der Waals surface area contributed by atoms with Crippen LogP contribution in [0, 0.1) is 0 Å². The van der Waals surface area contributed by atoms with Crippen molar-refractivity contribution in [2.45, 2.75) is 25.7 Å². The predicted octanol–water partition coefficient (Wildman–Crippen LogP) is 4.03. The number of fused-ring (bicyclic) bond motifs is 1. The Labute approximate surface area is 177 Å². The molecule has 0 spiro atoms. The molecule has 0 saturated carbocycles. The highest BCUT2D eigenvalue weighted by Crippen LogP contribution is 2.42. The van der Waals surface area contributed by atoms with Crippen LogP contribution in [0.15, 0.2) is 42.6 Å². The van der Waals surface area contributed by atoms with Gasteiger partial charge in [-0.25, -0.2) is 0 Å². The minimum Gasteiger partial charge on any atom is -0.493 e. The van der Waals surface area contributed by atoms with E-state index in [0.717, 1.165) is 28.5 Å². The summed E-state index contributed by atoms with van der Waals surface area (Å²) >= 11 is 0. The van der Waals surface area contributed by atoms with Gasteiger partial charge >= 0.3 is 0 Å². The zero-order valence-corrected chi connectivity index (χ0v) is 18.1. The van der Waals surface area contributed by atoms with Gasteiger partial charge in [-0.15, -0.1) is 0 Å². The summed E-state index contributed by atoms with van der Waals surface area (Å²) < 4.78 is 16.2. The van der Waals surface area contributed by atoms with Crippen LogP contribution in [0.3, 0.4) is 0 Å². The molecule has 3 aromatic rings. The summed E-state index contributed by atoms with van der Waals surface area (Å²) in [6.07, 6.45) is 3.23. The van der Waals surface area contributed by atoms with Gasteiger partial charge in [-0.2, -0.15) is 0 Å². The van der Waals surface area contributed by atoms with Crippen LogP contribution < -0.4 is 14.8 Å². The van der Waals surface area contributed by atoms with E-state index >= 15 is 0 Å². The average Bonchev–Trinajstić information content (AvgIpc) is 3.21. The van der Waals surface area contributed by atoms with E-state index in [1.54, 1.807) is 21.3 Å². The summed E-state index contributed by atoms with van der Waals surface area (Å²) in [5.74, 6) is 1.06. The van der Waals surface area contributed by atoms with E-state index in [1.165, 1.54) is 5.56 Å². The molecule has 0 bridgehead atoms. The first kappa shape index (κ1) is 21.7. The van der Waals surface area contributed by atoms with Gasteiger partial charge in [0.25, 0.3) is 0 Å². The molecule has 6 heteroatoms. The number of amides is 1. The molecule has 6 nitrogen and oxygen atoms in total. The summed E-state index contributed by atoms with van der Waals surface area (Å²) in [6, 6.07) is 12.1. The zero-order valence-electron chi connectivity index (χ0n) is 18.1. The largest absolute Gasteiger partial charge is 0.493 e. The van der Waals surface area contributed by atoms with Crippen LogP contribution in [-0.2, 0) is 16.0 Å². The second kappa shape index (κ2) is 10.2. The van der Waals surface area contributed by atoms with Crippen molar-refractivity contribution >= 4 is 16.8 Å². The van der Waals surface area contributed by atoms with Gasteiger partial charge < -0.3 is 24.5 Å². The van der Waals surface area contributed by atoms with Gasteiger partial charge in [-0.1, -0.05) is 37.3 Å². The van der Waals surface area contributed by atoms with E-state index in [2.05, 4.69) is 35.4 Å². The molecule has 2 aromatic carbocycles. The number of ether oxygens (including phenoxy) is 3. The van der Waals surface area contributed by atoms with Gasteiger partial charge in [0.1, 0.15) is 0 Å². The molecule has 0 fully saturated rings. The lowest BCUT2D eigenvalue weighted by molar-refractivity contribution is -0.121. The molecule has 1 atom stereocenters. The van der Waals surface area contributed by atoms with Crippen molar-refractivity contribution in [1.82, 2.24) is 10.3 Å². The molecule has 0 aliphatic heterocycles. The SMILES string of the molecule is CCc1cccc2c([C@H](CC(=O)NCCOC)c3cccc(OC)c3OC)c[nH]c12. The van der Waals surface area contributed by atoms with E-state index in [9.17, 15) is 4.79 Å². The van der Waals surface area contributed by atoms with Gasteiger partial charge in [0, 0.05) is 48.7 Å². The number of aryl methyl sites for hydroxylation is 1. The van der Waals surface area contributed by atoms with E-state index in [0.29, 0.717) is 24.7 Å². The van der Waals surface area contributed by atoms with Crippen molar-refractivity contribution < 1.29 is 19.0 Å². The van der Waals surface area contributed by atoms with Gasteiger partial charge in [-0.05, 0) is 23.6 Å². The fraction of sp³-hybridized carbons (Fsp3) is 0.375. The third kappa shape index (κ3) is 4.44. The highest BCUT2D eigenvalue weighted by atomic mass is 16.5. The first-order valence-electron chi connectivity index (χ1n) is 10.2. The number of rotatable bonds is 10. The van der Waals surface area contributed by atoms with Crippen LogP contribution in [0.1, 0.15) is 36.0 Å². The van der Waals surface area contributed by atoms with Crippen LogP contribution in [0.25, 0.3) is 10.9 Å². The minimum atomic E-state index is -0.196. The van der Waals surface area contributed by atoms with Crippen molar-refractivity contribution in [2.24, 2.45) is 0 Å². The van der Waals surface area contributed by atoms with E-state index < -0.39 is 0 Å². The molecule has 0 aliphatic rings. The molecule has 2 N–H and O–H groups in total. The maximum atomic E-state index is 12.8. The van der Waals surface area contributed by atoms with E-state index in [4.69, 9.17) is 14.2 Å². The Kier molecular flexibility index (Phi) is 7.36. The number of hydrogen-bond donors (Lipinski definition) is 2. The Balaban J connectivity index is 2.09. The third-order valence-corrected chi connectivity index (χ3v) is 5.42. The minimum absolute atomic E-state index is 0.0390. The number of benzene rings is 2. The van der Waals surface area contributed by atoms with Crippen molar-refractivity contribution in [3.63, 3.8) is 0 Å². The number of carbonyl (C=O) groups excluding carboxylic acids is 1. The number of aromatic nitrogens is 1. The van der Waals surface area contributed by atoms with Crippen molar-refractivity contribution in [1.29, 1.82) is 0 Å². The topological polar surface area (TPSA) is 72.6 Å². The highest BCUT2D eigenvalue weighted by molar-refractivity contribution is 5.88. The lowest BCUT2D eigenvalue weighted by Gasteiger charge is -2.21. The number of methoxy groups -OCH3 is 3. The first-order valence-corrected chi connectivity index (χ1v) is 10.2. The van der Waals surface area contributed by atoms with Crippen LogP contribution >= 0.6 is 0 Å². The first-order chi connectivity index (χ1) is 14.6. The summed E-state index contributed by atoms with van der Waals surface area (Å²) in [4.78, 5) is 16.2. The standard InChI is InChI=1S/C24H30N2O4/c1-5-16-8-6-9-17-20(15-26-23(16)17)19(14-22(27)25-12-13-28-2)18-10-7-11-21(29-3)24(18)30-4/h6-11,15,19,26H,5,12-14H2,1-4H3,(H,25,27)/t19-/m1/s1. The summed E-state index contributed by atoms with van der Waals surface area (Å²) in [5, 5.41) is 4.06. The lowest BCUT2D eigenvalue weighted by atomic mass is 9.86. The van der Waals surface area contributed by atoms with Gasteiger partial charge in [-0.3, -0.25) is 4.79 Å². The number of hydrogen-bond acceptors (Lipinski definition) is 4. The highest BCUT2D eigenvalue weighted by Gasteiger charge is 2.26. The summed E-state index contributed by atoms with van der Waals surface area (Å²) in [5.41, 5.74) is 4.34. The van der Waals surface area contributed by atoms with Crippen LogP contribution in [0.4, 0.5) is 0 Å². The third-order valence-electron chi connectivity index (χ3n) is 5.42. The second-order valence-corrected chi connectivity index (χ2v) is 7.12. The molecule has 0 saturated heterocycles. The fourth-order valence-corrected chi connectivity index (χ4v) is 3.95. The van der Waals surface area contributed by atoms with E-state index in [-0.39, 0.29) is 18.2 Å². The molecule has 30 heavy (non-hydrogen) atoms. The summed E-state index contributed by atoms with van der Waals surface area (Å²) in [7, 11) is 4.86. The molecular weight excluding hydrogens is 380 g/mol. The molecule has 0 unspecified atom stereocenters. The molecule has 0 radical (unpaired) electrons. The number of aromatic amines is 1. The maximum absolute atomic E-state index is 12.8. The molecule has 3 rings (SSSR count). The molecular formula is C24H30N2O4. The predicted molar refractivity (Wildman–Crippen MR) is 119 cm³/mol. The molecule has 1 aromatic heterocycles. The molecule has 1 heterocycles. The summed E-state index contributed by atoms with van der Waals surface area (Å²) in [6.45, 7) is 3.10. The maximum Gasteiger partial charge on any atom is 0.221 e.